The number of nitrogens with zero attached hydrogens (tertiary/aromatic N) is 2. The van der Waals surface area contributed by atoms with Crippen LogP contribution in [0.2, 0.25) is 10.0 Å². The van der Waals surface area contributed by atoms with Crippen LogP contribution in [0.25, 0.3) is 0 Å². The van der Waals surface area contributed by atoms with Crippen LogP contribution >= 0.6 is 23.2 Å². The van der Waals surface area contributed by atoms with Crippen molar-refractivity contribution in [3.8, 4) is 6.07 Å². The quantitative estimate of drug-likeness (QED) is 0.740. The average molecular weight is 452 g/mol. The molecule has 1 heterocycles. The number of piperidine rings is 1. The largest absolute Gasteiger partial charge is 0.326 e. The topological polar surface area (TPSA) is 90.3 Å². The lowest BCUT2D eigenvalue weighted by atomic mass is 9.98. The van der Waals surface area contributed by atoms with Gasteiger partial charge >= 0.3 is 0 Å². The Bertz CT molecular complexity index is 1050. The molecule has 29 heavy (non-hydrogen) atoms. The van der Waals surface area contributed by atoms with Gasteiger partial charge in [0, 0.05) is 23.8 Å². The molecule has 1 saturated heterocycles. The van der Waals surface area contributed by atoms with Gasteiger partial charge in [-0.3, -0.25) is 4.79 Å². The summed E-state index contributed by atoms with van der Waals surface area (Å²) >= 11 is 12.0. The van der Waals surface area contributed by atoms with Gasteiger partial charge in [-0.2, -0.15) is 9.57 Å². The van der Waals surface area contributed by atoms with Crippen LogP contribution in [0.3, 0.4) is 0 Å². The van der Waals surface area contributed by atoms with Crippen LogP contribution in [-0.4, -0.2) is 31.7 Å². The maximum atomic E-state index is 13.0. The summed E-state index contributed by atoms with van der Waals surface area (Å²) in [5.41, 5.74) is 1.47. The third kappa shape index (κ3) is 5.09. The lowest BCUT2D eigenvalue weighted by Crippen LogP contribution is -2.43. The van der Waals surface area contributed by atoms with Crippen LogP contribution in [0.4, 0.5) is 5.69 Å². The van der Waals surface area contributed by atoms with Crippen LogP contribution in [0.1, 0.15) is 18.4 Å². The van der Waals surface area contributed by atoms with Gasteiger partial charge in [-0.25, -0.2) is 8.42 Å². The minimum Gasteiger partial charge on any atom is -0.326 e. The molecular weight excluding hydrogens is 433 g/mol. The van der Waals surface area contributed by atoms with E-state index in [1.165, 1.54) is 22.5 Å². The van der Waals surface area contributed by atoms with E-state index >= 15 is 0 Å². The molecule has 0 bridgehead atoms. The molecule has 1 unspecified atom stereocenters. The zero-order valence-corrected chi connectivity index (χ0v) is 17.8. The minimum absolute atomic E-state index is 0.0548. The molecule has 1 amide bonds. The van der Waals surface area contributed by atoms with E-state index in [-0.39, 0.29) is 27.4 Å². The zero-order valence-electron chi connectivity index (χ0n) is 15.4. The van der Waals surface area contributed by atoms with E-state index < -0.39 is 15.9 Å². The highest BCUT2D eigenvalue weighted by Crippen LogP contribution is 2.30. The fraction of sp³-hybridized carbons (Fsp3) is 0.300. The molecule has 0 saturated carbocycles. The molecule has 0 aromatic heterocycles. The molecule has 2 aromatic carbocycles. The van der Waals surface area contributed by atoms with Crippen LogP contribution < -0.4 is 5.32 Å². The van der Waals surface area contributed by atoms with Crippen molar-refractivity contribution in [3.05, 3.63) is 58.1 Å². The van der Waals surface area contributed by atoms with E-state index in [4.69, 9.17) is 28.5 Å². The summed E-state index contributed by atoms with van der Waals surface area (Å²) in [6.07, 6.45) is 1.46. The van der Waals surface area contributed by atoms with Crippen LogP contribution in [-0.2, 0) is 21.2 Å². The third-order valence-corrected chi connectivity index (χ3v) is 7.35. The van der Waals surface area contributed by atoms with Gasteiger partial charge in [0.05, 0.1) is 23.4 Å². The molecule has 1 N–H and O–H groups in total. The molecule has 1 aliphatic heterocycles. The zero-order chi connectivity index (χ0) is 21.0. The number of hydrogen-bond acceptors (Lipinski definition) is 4. The SMILES string of the molecule is N#CCc1ccc(NC(=O)C2CCCN(S(=O)(=O)c3cc(Cl)ccc3Cl)C2)cc1. The van der Waals surface area contributed by atoms with Gasteiger partial charge in [0.2, 0.25) is 15.9 Å². The second-order valence-corrected chi connectivity index (χ2v) is 9.55. The number of halogens is 2. The second-order valence-electron chi connectivity index (χ2n) is 6.80. The van der Waals surface area contributed by atoms with Gasteiger partial charge in [-0.05, 0) is 48.7 Å². The van der Waals surface area contributed by atoms with Gasteiger partial charge in [0.25, 0.3) is 0 Å². The Balaban J connectivity index is 1.72. The first-order valence-electron chi connectivity index (χ1n) is 9.03. The number of carbonyl (C=O) groups is 1. The first-order valence-corrected chi connectivity index (χ1v) is 11.2. The van der Waals surface area contributed by atoms with Crippen LogP contribution in [0.5, 0.6) is 0 Å². The Hall–Kier alpha value is -2.11. The molecule has 1 aliphatic rings. The summed E-state index contributed by atoms with van der Waals surface area (Å²) in [6.45, 7) is 0.390. The number of amides is 1. The predicted octanol–water partition coefficient (Wildman–Crippen LogP) is 4.10. The molecule has 1 atom stereocenters. The molecule has 6 nitrogen and oxygen atoms in total. The number of carbonyl (C=O) groups excluding carboxylic acids is 1. The summed E-state index contributed by atoms with van der Waals surface area (Å²) in [7, 11) is -3.86. The average Bonchev–Trinajstić information content (AvgIpc) is 2.71. The fourth-order valence-electron chi connectivity index (χ4n) is 3.23. The van der Waals surface area contributed by atoms with Crippen molar-refractivity contribution in [2.75, 3.05) is 18.4 Å². The van der Waals surface area contributed by atoms with Crippen LogP contribution in [0, 0.1) is 17.2 Å². The molecule has 1 fully saturated rings. The highest BCUT2D eigenvalue weighted by molar-refractivity contribution is 7.89. The summed E-state index contributed by atoms with van der Waals surface area (Å²) in [5, 5.41) is 11.9. The number of hydrogen-bond donors (Lipinski definition) is 1. The van der Waals surface area contributed by atoms with Gasteiger partial charge < -0.3 is 5.32 Å². The molecule has 3 rings (SSSR count). The van der Waals surface area contributed by atoms with Gasteiger partial charge in [0.1, 0.15) is 4.90 Å². The maximum absolute atomic E-state index is 13.0. The van der Waals surface area contributed by atoms with E-state index in [0.29, 0.717) is 31.5 Å². The summed E-state index contributed by atoms with van der Waals surface area (Å²) in [6, 6.07) is 13.4. The van der Waals surface area contributed by atoms with E-state index in [2.05, 4.69) is 11.4 Å². The van der Waals surface area contributed by atoms with Crippen molar-refractivity contribution in [2.24, 2.45) is 5.92 Å². The summed E-state index contributed by atoms with van der Waals surface area (Å²) in [5.74, 6) is -0.717. The number of rotatable bonds is 5. The van der Waals surface area contributed by atoms with E-state index in [1.807, 2.05) is 0 Å². The normalized spacial score (nSPS) is 17.5. The molecular formula is C20H19Cl2N3O3S. The number of anilines is 1. The van der Waals surface area contributed by atoms with Crippen molar-refractivity contribution in [1.82, 2.24) is 4.31 Å². The highest BCUT2D eigenvalue weighted by atomic mass is 35.5. The van der Waals surface area contributed by atoms with Gasteiger partial charge in [0.15, 0.2) is 0 Å². The summed E-state index contributed by atoms with van der Waals surface area (Å²) in [4.78, 5) is 12.6. The second kappa shape index (κ2) is 9.14. The first-order chi connectivity index (χ1) is 13.8. The Morgan fingerprint density at radius 3 is 2.62 bits per heavy atom. The van der Waals surface area contributed by atoms with Crippen LogP contribution in [0.15, 0.2) is 47.4 Å². The number of benzene rings is 2. The van der Waals surface area contributed by atoms with Gasteiger partial charge in [-0.1, -0.05) is 35.3 Å². The number of sulfonamides is 1. The van der Waals surface area contributed by atoms with Crippen molar-refractivity contribution >= 4 is 44.8 Å². The highest BCUT2D eigenvalue weighted by Gasteiger charge is 2.34. The van der Waals surface area contributed by atoms with E-state index in [0.717, 1.165) is 5.56 Å². The lowest BCUT2D eigenvalue weighted by molar-refractivity contribution is -0.120. The van der Waals surface area contributed by atoms with Crippen molar-refractivity contribution in [2.45, 2.75) is 24.2 Å². The van der Waals surface area contributed by atoms with E-state index in [9.17, 15) is 13.2 Å². The maximum Gasteiger partial charge on any atom is 0.244 e. The molecule has 0 radical (unpaired) electrons. The third-order valence-electron chi connectivity index (χ3n) is 4.77. The number of nitrogens with one attached hydrogen (secondary N) is 1. The molecule has 152 valence electrons. The Morgan fingerprint density at radius 2 is 1.93 bits per heavy atom. The lowest BCUT2D eigenvalue weighted by Gasteiger charge is -2.31. The number of nitriles is 1. The van der Waals surface area contributed by atoms with Crippen molar-refractivity contribution < 1.29 is 13.2 Å². The first kappa shape index (κ1) is 21.6. The Morgan fingerprint density at radius 1 is 1.21 bits per heavy atom. The monoisotopic (exact) mass is 451 g/mol. The van der Waals surface area contributed by atoms with Gasteiger partial charge in [-0.15, -0.1) is 0 Å². The Kier molecular flexibility index (Phi) is 6.81. The molecule has 2 aromatic rings. The summed E-state index contributed by atoms with van der Waals surface area (Å²) < 4.78 is 27.3. The standard InChI is InChI=1S/C20H19Cl2N3O3S/c21-16-5-8-18(22)19(12-16)29(27,28)25-11-1-2-15(13-25)20(26)24-17-6-3-14(4-7-17)9-10-23/h3-8,12,15H,1-2,9,11,13H2,(H,24,26). The molecule has 0 spiro atoms. The predicted molar refractivity (Wildman–Crippen MR) is 112 cm³/mol. The molecule has 0 aliphatic carbocycles. The Labute approximate surface area is 180 Å². The van der Waals surface area contributed by atoms with E-state index in [1.54, 1.807) is 24.3 Å². The smallest absolute Gasteiger partial charge is 0.244 e. The molecule has 9 heteroatoms. The van der Waals surface area contributed by atoms with Crippen molar-refractivity contribution in [3.63, 3.8) is 0 Å². The van der Waals surface area contributed by atoms with Crippen molar-refractivity contribution in [1.29, 1.82) is 5.26 Å². The minimum atomic E-state index is -3.86. The fourth-order valence-corrected chi connectivity index (χ4v) is 5.49.